The van der Waals surface area contributed by atoms with Gasteiger partial charge in [-0.15, -0.1) is 0 Å². The highest BCUT2D eigenvalue weighted by Gasteiger charge is 2.16. The molecule has 1 saturated heterocycles. The number of aliphatic carboxylic acids is 1. The first-order valence-electron chi connectivity index (χ1n) is 6.38. The Kier molecular flexibility index (Phi) is 7.64. The first-order chi connectivity index (χ1) is 8.22. The van der Waals surface area contributed by atoms with Gasteiger partial charge < -0.3 is 14.9 Å². The number of rotatable bonds is 8. The zero-order valence-electron chi connectivity index (χ0n) is 10.7. The van der Waals surface area contributed by atoms with E-state index in [0.717, 1.165) is 26.2 Å². The van der Waals surface area contributed by atoms with E-state index < -0.39 is 5.97 Å². The summed E-state index contributed by atoms with van der Waals surface area (Å²) in [5.41, 5.74) is 0. The predicted octanol–water partition coefficient (Wildman–Crippen LogP) is 1.22. The SMILES string of the molecule is CSCCCCN1CCN(CCC(=O)O)CC1. The molecule has 17 heavy (non-hydrogen) atoms. The molecule has 1 N–H and O–H groups in total. The van der Waals surface area contributed by atoms with Gasteiger partial charge in [0.1, 0.15) is 0 Å². The Morgan fingerprint density at radius 1 is 1.12 bits per heavy atom. The van der Waals surface area contributed by atoms with Crippen LogP contribution in [0.1, 0.15) is 19.3 Å². The Bertz CT molecular complexity index is 219. The van der Waals surface area contributed by atoms with Crippen molar-refractivity contribution in [1.29, 1.82) is 0 Å². The first-order valence-corrected chi connectivity index (χ1v) is 7.77. The number of carbonyl (C=O) groups is 1. The Hall–Kier alpha value is -0.260. The Morgan fingerprint density at radius 2 is 1.71 bits per heavy atom. The average molecular weight is 260 g/mol. The number of nitrogens with zero attached hydrogens (tertiary/aromatic N) is 2. The molecule has 0 amide bonds. The van der Waals surface area contributed by atoms with Crippen molar-refractivity contribution in [3.05, 3.63) is 0 Å². The van der Waals surface area contributed by atoms with Crippen LogP contribution in [0, 0.1) is 0 Å². The topological polar surface area (TPSA) is 43.8 Å². The van der Waals surface area contributed by atoms with Gasteiger partial charge in [-0.05, 0) is 31.4 Å². The van der Waals surface area contributed by atoms with E-state index in [1.807, 2.05) is 11.8 Å². The van der Waals surface area contributed by atoms with Gasteiger partial charge in [0, 0.05) is 32.7 Å². The van der Waals surface area contributed by atoms with Crippen molar-refractivity contribution in [1.82, 2.24) is 9.80 Å². The summed E-state index contributed by atoms with van der Waals surface area (Å²) in [5.74, 6) is 0.572. The molecule has 0 aliphatic carbocycles. The molecule has 0 aromatic carbocycles. The summed E-state index contributed by atoms with van der Waals surface area (Å²) >= 11 is 1.92. The second-order valence-electron chi connectivity index (χ2n) is 4.53. The fraction of sp³-hybridized carbons (Fsp3) is 0.917. The molecular formula is C12H24N2O2S. The summed E-state index contributed by atoms with van der Waals surface area (Å²) in [6.45, 7) is 6.15. The second-order valence-corrected chi connectivity index (χ2v) is 5.51. The molecule has 100 valence electrons. The molecular weight excluding hydrogens is 236 g/mol. The third kappa shape index (κ3) is 6.91. The molecule has 1 aliphatic rings. The van der Waals surface area contributed by atoms with Gasteiger partial charge in [-0.25, -0.2) is 0 Å². The number of hydrogen-bond donors (Lipinski definition) is 1. The number of thioether (sulfide) groups is 1. The minimum atomic E-state index is -0.690. The summed E-state index contributed by atoms with van der Waals surface area (Å²) in [6, 6.07) is 0. The number of carboxylic acid groups (broad SMARTS) is 1. The fourth-order valence-corrected chi connectivity index (χ4v) is 2.56. The molecule has 0 unspecified atom stereocenters. The molecule has 0 aromatic heterocycles. The van der Waals surface area contributed by atoms with E-state index in [-0.39, 0.29) is 6.42 Å². The van der Waals surface area contributed by atoms with Gasteiger partial charge in [-0.3, -0.25) is 4.79 Å². The summed E-state index contributed by atoms with van der Waals surface area (Å²) in [5, 5.41) is 8.62. The van der Waals surface area contributed by atoms with Crippen LogP contribution in [0.3, 0.4) is 0 Å². The van der Waals surface area contributed by atoms with E-state index in [2.05, 4.69) is 16.1 Å². The smallest absolute Gasteiger partial charge is 0.304 e. The van der Waals surface area contributed by atoms with E-state index in [0.29, 0.717) is 6.54 Å². The Balaban J connectivity index is 2.03. The fourth-order valence-electron chi connectivity index (χ4n) is 2.07. The normalized spacial score (nSPS) is 18.4. The molecule has 0 spiro atoms. The van der Waals surface area contributed by atoms with E-state index in [4.69, 9.17) is 5.11 Å². The first kappa shape index (κ1) is 14.8. The van der Waals surface area contributed by atoms with Gasteiger partial charge in [0.25, 0.3) is 0 Å². The van der Waals surface area contributed by atoms with Crippen molar-refractivity contribution in [2.45, 2.75) is 19.3 Å². The van der Waals surface area contributed by atoms with Crippen LogP contribution in [0.15, 0.2) is 0 Å². The monoisotopic (exact) mass is 260 g/mol. The van der Waals surface area contributed by atoms with Crippen molar-refractivity contribution in [2.75, 3.05) is 51.3 Å². The van der Waals surface area contributed by atoms with Crippen LogP contribution in [-0.4, -0.2) is 72.2 Å². The lowest BCUT2D eigenvalue weighted by molar-refractivity contribution is -0.137. The van der Waals surface area contributed by atoms with Gasteiger partial charge >= 0.3 is 5.97 Å². The molecule has 1 aliphatic heterocycles. The maximum atomic E-state index is 10.5. The molecule has 0 saturated carbocycles. The van der Waals surface area contributed by atoms with Crippen LogP contribution in [0.5, 0.6) is 0 Å². The van der Waals surface area contributed by atoms with Gasteiger partial charge in [-0.2, -0.15) is 11.8 Å². The standard InChI is InChI=1S/C12H24N2O2S/c1-17-11-3-2-5-13-7-9-14(10-8-13)6-4-12(15)16/h2-11H2,1H3,(H,15,16). The maximum absolute atomic E-state index is 10.5. The van der Waals surface area contributed by atoms with Crippen LogP contribution < -0.4 is 0 Å². The number of unbranched alkanes of at least 4 members (excludes halogenated alkanes) is 1. The van der Waals surface area contributed by atoms with Crippen molar-refractivity contribution in [2.24, 2.45) is 0 Å². The highest BCUT2D eigenvalue weighted by Crippen LogP contribution is 2.06. The molecule has 0 aromatic rings. The molecule has 0 bridgehead atoms. The van der Waals surface area contributed by atoms with Crippen molar-refractivity contribution < 1.29 is 9.90 Å². The predicted molar refractivity (Wildman–Crippen MR) is 72.7 cm³/mol. The van der Waals surface area contributed by atoms with Gasteiger partial charge in [0.15, 0.2) is 0 Å². The molecule has 1 rings (SSSR count). The zero-order valence-corrected chi connectivity index (χ0v) is 11.5. The summed E-state index contributed by atoms with van der Waals surface area (Å²) in [7, 11) is 0. The lowest BCUT2D eigenvalue weighted by Gasteiger charge is -2.34. The van der Waals surface area contributed by atoms with E-state index in [1.54, 1.807) is 0 Å². The average Bonchev–Trinajstić information content (AvgIpc) is 2.33. The minimum absolute atomic E-state index is 0.272. The lowest BCUT2D eigenvalue weighted by atomic mass is 10.2. The number of carboxylic acids is 1. The van der Waals surface area contributed by atoms with Crippen LogP contribution in [0.25, 0.3) is 0 Å². The van der Waals surface area contributed by atoms with Gasteiger partial charge in [-0.1, -0.05) is 0 Å². The zero-order chi connectivity index (χ0) is 12.5. The van der Waals surface area contributed by atoms with Gasteiger partial charge in [0.2, 0.25) is 0 Å². The quantitative estimate of drug-likeness (QED) is 0.665. The van der Waals surface area contributed by atoms with E-state index in [9.17, 15) is 4.79 Å². The second kappa shape index (κ2) is 8.78. The Morgan fingerprint density at radius 3 is 2.24 bits per heavy atom. The van der Waals surface area contributed by atoms with Crippen LogP contribution in [0.4, 0.5) is 0 Å². The lowest BCUT2D eigenvalue weighted by Crippen LogP contribution is -2.47. The van der Waals surface area contributed by atoms with Crippen molar-refractivity contribution in [3.63, 3.8) is 0 Å². The van der Waals surface area contributed by atoms with Crippen molar-refractivity contribution in [3.8, 4) is 0 Å². The third-order valence-electron chi connectivity index (χ3n) is 3.18. The largest absolute Gasteiger partial charge is 0.481 e. The summed E-state index contributed by atoms with van der Waals surface area (Å²) < 4.78 is 0. The van der Waals surface area contributed by atoms with Crippen molar-refractivity contribution >= 4 is 17.7 Å². The highest BCUT2D eigenvalue weighted by atomic mass is 32.2. The third-order valence-corrected chi connectivity index (χ3v) is 3.88. The van der Waals surface area contributed by atoms with Crippen LogP contribution in [0.2, 0.25) is 0 Å². The number of piperazine rings is 1. The highest BCUT2D eigenvalue weighted by molar-refractivity contribution is 7.98. The molecule has 5 heteroatoms. The molecule has 4 nitrogen and oxygen atoms in total. The molecule has 1 fully saturated rings. The van der Waals surface area contributed by atoms with Crippen LogP contribution in [-0.2, 0) is 4.79 Å². The summed E-state index contributed by atoms with van der Waals surface area (Å²) in [6.07, 6.45) is 5.02. The number of hydrogen-bond acceptors (Lipinski definition) is 4. The molecule has 1 heterocycles. The van der Waals surface area contributed by atoms with E-state index >= 15 is 0 Å². The van der Waals surface area contributed by atoms with Crippen LogP contribution >= 0.6 is 11.8 Å². The van der Waals surface area contributed by atoms with E-state index in [1.165, 1.54) is 25.1 Å². The Labute approximate surface area is 108 Å². The van der Waals surface area contributed by atoms with Gasteiger partial charge in [0.05, 0.1) is 6.42 Å². The molecule has 0 radical (unpaired) electrons. The molecule has 0 atom stereocenters. The summed E-state index contributed by atoms with van der Waals surface area (Å²) in [4.78, 5) is 15.2. The minimum Gasteiger partial charge on any atom is -0.481 e. The maximum Gasteiger partial charge on any atom is 0.304 e.